The molecule has 1 saturated heterocycles. The zero-order valence-electron chi connectivity index (χ0n) is 11.2. The SMILES string of the molecule is CC(C)S(=O)(=O)N1CCC(Oc2ncccn2)CC1. The Balaban J connectivity index is 1.90. The van der Waals surface area contributed by atoms with Gasteiger partial charge in [-0.15, -0.1) is 0 Å². The van der Waals surface area contributed by atoms with E-state index >= 15 is 0 Å². The van der Waals surface area contributed by atoms with Gasteiger partial charge in [0.2, 0.25) is 10.0 Å². The molecule has 0 aromatic carbocycles. The van der Waals surface area contributed by atoms with Crippen molar-refractivity contribution in [3.05, 3.63) is 18.5 Å². The smallest absolute Gasteiger partial charge is 0.316 e. The molecule has 1 fully saturated rings. The fraction of sp³-hybridized carbons (Fsp3) is 0.667. The molecule has 1 aliphatic heterocycles. The molecule has 106 valence electrons. The van der Waals surface area contributed by atoms with Crippen molar-refractivity contribution >= 4 is 10.0 Å². The van der Waals surface area contributed by atoms with Crippen LogP contribution in [0.4, 0.5) is 0 Å². The molecular weight excluding hydrogens is 266 g/mol. The highest BCUT2D eigenvalue weighted by Crippen LogP contribution is 2.19. The minimum absolute atomic E-state index is 0.0130. The normalized spacial score (nSPS) is 18.7. The first kappa shape index (κ1) is 14.2. The summed E-state index contributed by atoms with van der Waals surface area (Å²) >= 11 is 0. The Hall–Kier alpha value is -1.21. The molecule has 0 spiro atoms. The van der Waals surface area contributed by atoms with Gasteiger partial charge in [0.15, 0.2) is 0 Å². The second-order valence-electron chi connectivity index (χ2n) is 4.84. The third-order valence-corrected chi connectivity index (χ3v) is 5.45. The number of sulfonamides is 1. The molecule has 0 bridgehead atoms. The third kappa shape index (κ3) is 3.42. The van der Waals surface area contributed by atoms with Crippen molar-refractivity contribution in [2.24, 2.45) is 0 Å². The van der Waals surface area contributed by atoms with E-state index in [0.29, 0.717) is 31.9 Å². The molecule has 0 amide bonds. The van der Waals surface area contributed by atoms with Gasteiger partial charge in [-0.1, -0.05) is 0 Å². The lowest BCUT2D eigenvalue weighted by atomic mass is 10.1. The molecule has 2 heterocycles. The number of rotatable bonds is 4. The predicted molar refractivity (Wildman–Crippen MR) is 71.3 cm³/mol. The number of piperidine rings is 1. The fourth-order valence-corrected chi connectivity index (χ4v) is 3.31. The zero-order valence-corrected chi connectivity index (χ0v) is 12.0. The Morgan fingerprint density at radius 2 is 1.84 bits per heavy atom. The molecule has 0 N–H and O–H groups in total. The highest BCUT2D eigenvalue weighted by atomic mass is 32.2. The van der Waals surface area contributed by atoms with Crippen molar-refractivity contribution in [2.45, 2.75) is 38.0 Å². The molecule has 2 rings (SSSR count). The minimum Gasteiger partial charge on any atom is -0.460 e. The van der Waals surface area contributed by atoms with Gasteiger partial charge >= 0.3 is 6.01 Å². The van der Waals surface area contributed by atoms with Gasteiger partial charge in [-0.3, -0.25) is 0 Å². The first-order valence-electron chi connectivity index (χ1n) is 6.43. The molecule has 0 aliphatic carbocycles. The summed E-state index contributed by atoms with van der Waals surface area (Å²) in [5.41, 5.74) is 0. The first-order chi connectivity index (χ1) is 9.00. The van der Waals surface area contributed by atoms with E-state index in [1.807, 2.05) is 0 Å². The van der Waals surface area contributed by atoms with E-state index in [2.05, 4.69) is 9.97 Å². The summed E-state index contributed by atoms with van der Waals surface area (Å²) < 4.78 is 31.2. The Morgan fingerprint density at radius 3 is 2.37 bits per heavy atom. The summed E-state index contributed by atoms with van der Waals surface area (Å²) in [6, 6.07) is 2.08. The lowest BCUT2D eigenvalue weighted by Crippen LogP contribution is -2.44. The summed E-state index contributed by atoms with van der Waals surface area (Å²) in [4.78, 5) is 8.01. The van der Waals surface area contributed by atoms with Crippen molar-refractivity contribution < 1.29 is 13.2 Å². The average molecular weight is 285 g/mol. The van der Waals surface area contributed by atoms with E-state index in [1.54, 1.807) is 36.6 Å². The topological polar surface area (TPSA) is 72.4 Å². The summed E-state index contributed by atoms with van der Waals surface area (Å²) in [5, 5.41) is -0.373. The molecule has 1 aliphatic rings. The average Bonchev–Trinajstić information content (AvgIpc) is 2.40. The number of aromatic nitrogens is 2. The van der Waals surface area contributed by atoms with E-state index in [9.17, 15) is 8.42 Å². The molecule has 1 aromatic heterocycles. The van der Waals surface area contributed by atoms with Crippen molar-refractivity contribution in [3.8, 4) is 6.01 Å². The number of nitrogens with zero attached hydrogens (tertiary/aromatic N) is 3. The maximum absolute atomic E-state index is 12.0. The fourth-order valence-electron chi connectivity index (χ4n) is 2.00. The lowest BCUT2D eigenvalue weighted by molar-refractivity contribution is 0.124. The summed E-state index contributed by atoms with van der Waals surface area (Å²) in [7, 11) is -3.15. The van der Waals surface area contributed by atoms with Crippen LogP contribution in [0, 0.1) is 0 Å². The molecule has 19 heavy (non-hydrogen) atoms. The number of hydrogen-bond donors (Lipinski definition) is 0. The molecule has 0 atom stereocenters. The summed E-state index contributed by atoms with van der Waals surface area (Å²) in [6.45, 7) is 4.40. The molecule has 0 saturated carbocycles. The maximum atomic E-state index is 12.0. The van der Waals surface area contributed by atoms with Gasteiger partial charge in [0.1, 0.15) is 6.10 Å². The van der Waals surface area contributed by atoms with Crippen molar-refractivity contribution in [1.29, 1.82) is 0 Å². The summed E-state index contributed by atoms with van der Waals surface area (Å²) in [5.74, 6) is 0. The van der Waals surface area contributed by atoms with Crippen LogP contribution in [0.1, 0.15) is 26.7 Å². The Kier molecular flexibility index (Phi) is 4.36. The molecular formula is C12H19N3O3S. The molecule has 7 heteroatoms. The van der Waals surface area contributed by atoms with Crippen LogP contribution in [-0.2, 0) is 10.0 Å². The van der Waals surface area contributed by atoms with Gasteiger partial charge in [0.25, 0.3) is 0 Å². The Labute approximate surface area is 113 Å². The van der Waals surface area contributed by atoms with E-state index in [1.165, 1.54) is 0 Å². The van der Waals surface area contributed by atoms with Crippen LogP contribution >= 0.6 is 0 Å². The highest BCUT2D eigenvalue weighted by Gasteiger charge is 2.30. The third-order valence-electron chi connectivity index (χ3n) is 3.17. The monoisotopic (exact) mass is 285 g/mol. The van der Waals surface area contributed by atoms with Crippen molar-refractivity contribution in [1.82, 2.24) is 14.3 Å². The minimum atomic E-state index is -3.15. The quantitative estimate of drug-likeness (QED) is 0.827. The van der Waals surface area contributed by atoms with E-state index in [0.717, 1.165) is 0 Å². The predicted octanol–water partition coefficient (Wildman–Crippen LogP) is 1.06. The van der Waals surface area contributed by atoms with Gasteiger partial charge in [-0.2, -0.15) is 0 Å². The lowest BCUT2D eigenvalue weighted by Gasteiger charge is -2.31. The molecule has 6 nitrogen and oxygen atoms in total. The highest BCUT2D eigenvalue weighted by molar-refractivity contribution is 7.89. The number of hydrogen-bond acceptors (Lipinski definition) is 5. The summed E-state index contributed by atoms with van der Waals surface area (Å²) in [6.07, 6.45) is 4.58. The van der Waals surface area contributed by atoms with Gasteiger partial charge in [-0.25, -0.2) is 22.7 Å². The van der Waals surface area contributed by atoms with Gasteiger partial charge < -0.3 is 4.74 Å². The van der Waals surface area contributed by atoms with Crippen LogP contribution in [0.5, 0.6) is 6.01 Å². The second kappa shape index (κ2) is 5.83. The van der Waals surface area contributed by atoms with Gasteiger partial charge in [0.05, 0.1) is 5.25 Å². The van der Waals surface area contributed by atoms with E-state index in [-0.39, 0.29) is 11.4 Å². The molecule has 0 radical (unpaired) electrons. The molecule has 0 unspecified atom stereocenters. The van der Waals surface area contributed by atoms with Crippen molar-refractivity contribution in [2.75, 3.05) is 13.1 Å². The van der Waals surface area contributed by atoms with Crippen LogP contribution in [0.3, 0.4) is 0 Å². The first-order valence-corrected chi connectivity index (χ1v) is 7.93. The van der Waals surface area contributed by atoms with Crippen LogP contribution in [-0.4, -0.2) is 47.1 Å². The van der Waals surface area contributed by atoms with Crippen LogP contribution in [0.2, 0.25) is 0 Å². The van der Waals surface area contributed by atoms with Crippen LogP contribution in [0.25, 0.3) is 0 Å². The standard InChI is InChI=1S/C12H19N3O3S/c1-10(2)19(16,17)15-8-4-11(5-9-15)18-12-13-6-3-7-14-12/h3,6-7,10-11H,4-5,8-9H2,1-2H3. The van der Waals surface area contributed by atoms with E-state index < -0.39 is 10.0 Å². The number of ether oxygens (including phenoxy) is 1. The Morgan fingerprint density at radius 1 is 1.26 bits per heavy atom. The second-order valence-corrected chi connectivity index (χ2v) is 7.33. The largest absolute Gasteiger partial charge is 0.460 e. The maximum Gasteiger partial charge on any atom is 0.316 e. The van der Waals surface area contributed by atoms with Gasteiger partial charge in [-0.05, 0) is 32.8 Å². The van der Waals surface area contributed by atoms with Gasteiger partial charge in [0, 0.05) is 25.5 Å². The van der Waals surface area contributed by atoms with Crippen LogP contribution < -0.4 is 4.74 Å². The molecule has 1 aromatic rings. The van der Waals surface area contributed by atoms with Crippen LogP contribution in [0.15, 0.2) is 18.5 Å². The zero-order chi connectivity index (χ0) is 13.9. The van der Waals surface area contributed by atoms with Crippen molar-refractivity contribution in [3.63, 3.8) is 0 Å². The van der Waals surface area contributed by atoms with E-state index in [4.69, 9.17) is 4.74 Å². The Bertz CT molecular complexity index is 496.